The van der Waals surface area contributed by atoms with E-state index in [1.807, 2.05) is 29.8 Å². The largest absolute Gasteiger partial charge is 0.497 e. The Morgan fingerprint density at radius 2 is 1.93 bits per heavy atom. The van der Waals surface area contributed by atoms with Crippen LogP contribution in [0.4, 0.5) is 0 Å². The second-order valence-electron chi connectivity index (χ2n) is 6.62. The molecule has 0 fully saturated rings. The first-order valence-electron chi connectivity index (χ1n) is 9.81. The maximum Gasteiger partial charge on any atom is 0.191 e. The number of hydrogen-bond donors (Lipinski definition) is 2. The molecule has 0 unspecified atom stereocenters. The van der Waals surface area contributed by atoms with Crippen molar-refractivity contribution in [3.05, 3.63) is 41.2 Å². The molecule has 0 aliphatic carbocycles. The minimum atomic E-state index is 0. The Labute approximate surface area is 191 Å². The summed E-state index contributed by atoms with van der Waals surface area (Å²) in [4.78, 5) is 4.67. The average molecular weight is 515 g/mol. The van der Waals surface area contributed by atoms with Gasteiger partial charge in [0.25, 0.3) is 0 Å². The summed E-state index contributed by atoms with van der Waals surface area (Å²) in [7, 11) is 3.36. The summed E-state index contributed by atoms with van der Waals surface area (Å²) in [5.41, 5.74) is 3.36. The molecule has 0 spiro atoms. The monoisotopic (exact) mass is 515 g/mol. The van der Waals surface area contributed by atoms with E-state index in [1.54, 1.807) is 14.2 Å². The Balaban J connectivity index is 0.00000420. The van der Waals surface area contributed by atoms with Gasteiger partial charge in [0.2, 0.25) is 0 Å². The van der Waals surface area contributed by atoms with Crippen LogP contribution in [-0.4, -0.2) is 49.6 Å². The molecule has 0 aliphatic rings. The number of guanidine groups is 1. The van der Waals surface area contributed by atoms with E-state index < -0.39 is 0 Å². The van der Waals surface area contributed by atoms with Crippen LogP contribution in [0.15, 0.2) is 29.3 Å². The number of rotatable bonds is 10. The number of aliphatic imine (C=N–C) groups is 1. The number of nitrogens with one attached hydrogen (secondary N) is 2. The molecule has 0 saturated heterocycles. The van der Waals surface area contributed by atoms with Crippen LogP contribution in [0.25, 0.3) is 0 Å². The van der Waals surface area contributed by atoms with Crippen LogP contribution >= 0.6 is 24.0 Å². The quantitative estimate of drug-likeness (QED) is 0.220. The fourth-order valence-electron chi connectivity index (χ4n) is 3.05. The third kappa shape index (κ3) is 8.12. The fourth-order valence-corrected chi connectivity index (χ4v) is 3.05. The lowest BCUT2D eigenvalue weighted by Gasteiger charge is -2.13. The SMILES string of the molecule is CCNC(=NCCCn1nc(C)cc1C)NCCc1cc(OC)ccc1OC.I. The predicted octanol–water partition coefficient (Wildman–Crippen LogP) is 3.32. The highest BCUT2D eigenvalue weighted by Gasteiger charge is 2.06. The van der Waals surface area contributed by atoms with Gasteiger partial charge in [-0.3, -0.25) is 9.67 Å². The van der Waals surface area contributed by atoms with Gasteiger partial charge in [-0.1, -0.05) is 0 Å². The zero-order valence-electron chi connectivity index (χ0n) is 18.1. The number of halogens is 1. The van der Waals surface area contributed by atoms with E-state index >= 15 is 0 Å². The van der Waals surface area contributed by atoms with Crippen LogP contribution in [0.2, 0.25) is 0 Å². The van der Waals surface area contributed by atoms with Gasteiger partial charge >= 0.3 is 0 Å². The number of aryl methyl sites for hydroxylation is 3. The highest BCUT2D eigenvalue weighted by Crippen LogP contribution is 2.24. The van der Waals surface area contributed by atoms with Crippen molar-refractivity contribution in [3.8, 4) is 11.5 Å². The summed E-state index contributed by atoms with van der Waals surface area (Å²) in [5.74, 6) is 2.53. The molecule has 0 aliphatic heterocycles. The van der Waals surface area contributed by atoms with Crippen molar-refractivity contribution in [1.82, 2.24) is 20.4 Å². The Morgan fingerprint density at radius 1 is 1.14 bits per heavy atom. The predicted molar refractivity (Wildman–Crippen MR) is 129 cm³/mol. The molecule has 0 atom stereocenters. The molecule has 0 amide bonds. The lowest BCUT2D eigenvalue weighted by atomic mass is 10.1. The highest BCUT2D eigenvalue weighted by atomic mass is 127. The van der Waals surface area contributed by atoms with Crippen LogP contribution in [0.3, 0.4) is 0 Å². The average Bonchev–Trinajstić information content (AvgIpc) is 3.02. The molecule has 2 N–H and O–H groups in total. The standard InChI is InChI=1S/C21H33N5O2.HI/c1-6-22-21(23-11-7-13-26-17(3)14-16(2)25-26)24-12-10-18-15-19(27-4)8-9-20(18)28-5;/h8-9,14-15H,6-7,10-13H2,1-5H3,(H2,22,23,24);1H. The maximum atomic E-state index is 5.45. The van der Waals surface area contributed by atoms with Crippen molar-refractivity contribution >= 4 is 29.9 Å². The molecule has 2 aromatic rings. The van der Waals surface area contributed by atoms with Crippen LogP contribution < -0.4 is 20.1 Å². The molecule has 0 bridgehead atoms. The van der Waals surface area contributed by atoms with E-state index in [-0.39, 0.29) is 24.0 Å². The third-order valence-corrected chi connectivity index (χ3v) is 4.42. The molecule has 2 rings (SSSR count). The van der Waals surface area contributed by atoms with Crippen molar-refractivity contribution < 1.29 is 9.47 Å². The zero-order valence-corrected chi connectivity index (χ0v) is 20.4. The number of benzene rings is 1. The smallest absolute Gasteiger partial charge is 0.191 e. The van der Waals surface area contributed by atoms with Crippen molar-refractivity contribution in [3.63, 3.8) is 0 Å². The van der Waals surface area contributed by atoms with Gasteiger partial charge < -0.3 is 20.1 Å². The summed E-state index contributed by atoms with van der Waals surface area (Å²) in [6, 6.07) is 7.96. The van der Waals surface area contributed by atoms with E-state index in [0.29, 0.717) is 0 Å². The van der Waals surface area contributed by atoms with E-state index in [4.69, 9.17) is 9.47 Å². The second kappa shape index (κ2) is 13.3. The third-order valence-electron chi connectivity index (χ3n) is 4.42. The van der Waals surface area contributed by atoms with Crippen molar-refractivity contribution in [1.29, 1.82) is 0 Å². The minimum absolute atomic E-state index is 0. The molecule has 0 saturated carbocycles. The molecule has 0 radical (unpaired) electrons. The number of ether oxygens (including phenoxy) is 2. The molecule has 1 aromatic carbocycles. The number of methoxy groups -OCH3 is 2. The molecule has 162 valence electrons. The van der Waals surface area contributed by atoms with E-state index in [9.17, 15) is 0 Å². The number of hydrogen-bond acceptors (Lipinski definition) is 4. The first kappa shape index (κ1) is 25.1. The van der Waals surface area contributed by atoms with Crippen molar-refractivity contribution in [2.24, 2.45) is 4.99 Å². The maximum absolute atomic E-state index is 5.45. The Morgan fingerprint density at radius 3 is 2.55 bits per heavy atom. The summed E-state index contributed by atoms with van der Waals surface area (Å²) in [5, 5.41) is 11.2. The number of nitrogens with zero attached hydrogens (tertiary/aromatic N) is 3. The molecule has 29 heavy (non-hydrogen) atoms. The molecule has 1 aromatic heterocycles. The fraction of sp³-hybridized carbons (Fsp3) is 0.524. The Kier molecular flexibility index (Phi) is 11.5. The van der Waals surface area contributed by atoms with E-state index in [0.717, 1.165) is 67.7 Å². The summed E-state index contributed by atoms with van der Waals surface area (Å²) >= 11 is 0. The lowest BCUT2D eigenvalue weighted by Crippen LogP contribution is -2.38. The molecule has 8 heteroatoms. The Bertz CT molecular complexity index is 776. The summed E-state index contributed by atoms with van der Waals surface area (Å²) in [6.45, 7) is 9.38. The normalized spacial score (nSPS) is 11.0. The van der Waals surface area contributed by atoms with Gasteiger partial charge in [-0.05, 0) is 63.4 Å². The van der Waals surface area contributed by atoms with Gasteiger partial charge in [-0.15, -0.1) is 24.0 Å². The van der Waals surface area contributed by atoms with Crippen LogP contribution in [0.1, 0.15) is 30.3 Å². The van der Waals surface area contributed by atoms with Gasteiger partial charge in [0.1, 0.15) is 11.5 Å². The molecular weight excluding hydrogens is 481 g/mol. The van der Waals surface area contributed by atoms with Crippen LogP contribution in [0, 0.1) is 13.8 Å². The second-order valence-corrected chi connectivity index (χ2v) is 6.62. The van der Waals surface area contributed by atoms with Gasteiger partial charge in [-0.25, -0.2) is 0 Å². The van der Waals surface area contributed by atoms with Crippen LogP contribution in [0.5, 0.6) is 11.5 Å². The van der Waals surface area contributed by atoms with E-state index in [1.165, 1.54) is 5.69 Å². The first-order valence-corrected chi connectivity index (χ1v) is 9.81. The van der Waals surface area contributed by atoms with E-state index in [2.05, 4.69) is 40.6 Å². The highest BCUT2D eigenvalue weighted by molar-refractivity contribution is 14.0. The van der Waals surface area contributed by atoms with Gasteiger partial charge in [-0.2, -0.15) is 5.10 Å². The van der Waals surface area contributed by atoms with Crippen LogP contribution in [-0.2, 0) is 13.0 Å². The van der Waals surface area contributed by atoms with Gasteiger partial charge in [0.15, 0.2) is 5.96 Å². The topological polar surface area (TPSA) is 72.7 Å². The Hall–Kier alpha value is -1.97. The first-order chi connectivity index (χ1) is 13.6. The van der Waals surface area contributed by atoms with Crippen molar-refractivity contribution in [2.45, 2.75) is 40.2 Å². The zero-order chi connectivity index (χ0) is 20.4. The van der Waals surface area contributed by atoms with Gasteiger partial charge in [0.05, 0.1) is 19.9 Å². The van der Waals surface area contributed by atoms with Gasteiger partial charge in [0, 0.05) is 31.9 Å². The molecular formula is C21H34IN5O2. The lowest BCUT2D eigenvalue weighted by molar-refractivity contribution is 0.398. The minimum Gasteiger partial charge on any atom is -0.497 e. The van der Waals surface area contributed by atoms with Crippen molar-refractivity contribution in [2.75, 3.05) is 33.9 Å². The molecule has 1 heterocycles. The number of aromatic nitrogens is 2. The summed E-state index contributed by atoms with van der Waals surface area (Å²) < 4.78 is 12.8. The molecule has 7 nitrogen and oxygen atoms in total. The summed E-state index contributed by atoms with van der Waals surface area (Å²) in [6.07, 6.45) is 1.76.